The van der Waals surface area contributed by atoms with Crippen LogP contribution in [0.25, 0.3) is 0 Å². The molecule has 0 atom stereocenters. The first-order valence-electron chi connectivity index (χ1n) is 7.17. The quantitative estimate of drug-likeness (QED) is 0.636. The molecular weight excluding hydrogens is 350 g/mol. The van der Waals surface area contributed by atoms with Gasteiger partial charge in [0.1, 0.15) is 11.4 Å². The largest absolute Gasteiger partial charge is 0.494 e. The zero-order valence-corrected chi connectivity index (χ0v) is 15.1. The number of rotatable bonds is 4. The molecule has 0 aliphatic rings. The highest BCUT2D eigenvalue weighted by atomic mass is 35.5. The summed E-state index contributed by atoms with van der Waals surface area (Å²) in [4.78, 5) is 12.5. The Morgan fingerprint density at radius 1 is 1.46 bits per heavy atom. The van der Waals surface area contributed by atoms with Gasteiger partial charge in [-0.15, -0.1) is 0 Å². The molecule has 7 nitrogen and oxygen atoms in total. The maximum atomic E-state index is 12.5. The van der Waals surface area contributed by atoms with Gasteiger partial charge >= 0.3 is 0 Å². The van der Waals surface area contributed by atoms with Crippen molar-refractivity contribution in [1.29, 1.82) is 0 Å². The van der Waals surface area contributed by atoms with Crippen LogP contribution in [0, 0.1) is 6.92 Å². The molecule has 128 valence electrons. The van der Waals surface area contributed by atoms with Crippen LogP contribution in [0.4, 0.5) is 5.69 Å². The summed E-state index contributed by atoms with van der Waals surface area (Å²) in [5.74, 6) is 0.241. The van der Waals surface area contributed by atoms with Gasteiger partial charge in [-0.05, 0) is 50.3 Å². The Morgan fingerprint density at radius 2 is 2.08 bits per heavy atom. The lowest BCUT2D eigenvalue weighted by molar-refractivity contribution is 0.0946. The summed E-state index contributed by atoms with van der Waals surface area (Å²) in [7, 11) is 1.63. The summed E-state index contributed by atoms with van der Waals surface area (Å²) in [5, 5.41) is 5.68. The van der Waals surface area contributed by atoms with E-state index in [1.54, 1.807) is 38.2 Å². The van der Waals surface area contributed by atoms with E-state index in [-0.39, 0.29) is 15.8 Å². The number of amides is 1. The smallest absolute Gasteiger partial charge is 0.289 e. The fourth-order valence-corrected chi connectivity index (χ4v) is 2.54. The van der Waals surface area contributed by atoms with Crippen molar-refractivity contribution in [3.63, 3.8) is 0 Å². The molecule has 0 unspecified atom stereocenters. The van der Waals surface area contributed by atoms with Crippen LogP contribution in [0.15, 0.2) is 24.3 Å². The van der Waals surface area contributed by atoms with Crippen molar-refractivity contribution in [3.8, 4) is 5.75 Å². The molecule has 3 N–H and O–H groups in total. The maximum Gasteiger partial charge on any atom is 0.289 e. The van der Waals surface area contributed by atoms with Crippen LogP contribution in [0.3, 0.4) is 0 Å². The second-order valence-electron chi connectivity index (χ2n) is 4.91. The Balaban J connectivity index is 2.25. The average molecular weight is 368 g/mol. The number of nitrogens with two attached hydrogens (primary N) is 1. The molecule has 0 aliphatic heterocycles. The van der Waals surface area contributed by atoms with E-state index in [1.165, 1.54) is 9.69 Å². The monoisotopic (exact) mass is 367 g/mol. The number of halogens is 1. The number of carbonyl (C=O) groups is 1. The first-order valence-corrected chi connectivity index (χ1v) is 7.96. The number of thiocarbonyl (C=S) groups is 1. The fourth-order valence-electron chi connectivity index (χ4n) is 2.14. The second kappa shape index (κ2) is 7.50. The van der Waals surface area contributed by atoms with E-state index in [9.17, 15) is 4.79 Å². The minimum Gasteiger partial charge on any atom is -0.494 e. The van der Waals surface area contributed by atoms with E-state index in [1.807, 2.05) is 6.92 Å². The molecule has 1 aromatic carbocycles. The Morgan fingerprint density at radius 3 is 2.54 bits per heavy atom. The van der Waals surface area contributed by atoms with Crippen molar-refractivity contribution in [2.45, 2.75) is 13.8 Å². The van der Waals surface area contributed by atoms with Crippen molar-refractivity contribution >= 4 is 40.5 Å². The summed E-state index contributed by atoms with van der Waals surface area (Å²) < 4.78 is 6.79. The number of aryl methyl sites for hydroxylation is 2. The number of nitrogens with one attached hydrogen (secondary N) is 1. The summed E-state index contributed by atoms with van der Waals surface area (Å²) in [6, 6.07) is 7.00. The molecule has 1 amide bonds. The van der Waals surface area contributed by atoms with E-state index in [2.05, 4.69) is 10.5 Å². The Labute approximate surface area is 150 Å². The molecule has 0 spiro atoms. The van der Waals surface area contributed by atoms with Gasteiger partial charge in [0.25, 0.3) is 5.91 Å². The van der Waals surface area contributed by atoms with Crippen molar-refractivity contribution in [1.82, 2.24) is 15.2 Å². The number of nitrogens with zero attached hydrogens (tertiary/aromatic N) is 3. The predicted octanol–water partition coefficient (Wildman–Crippen LogP) is 2.18. The topological polar surface area (TPSA) is 85.4 Å². The van der Waals surface area contributed by atoms with Crippen molar-refractivity contribution in [2.75, 3.05) is 11.6 Å². The fraction of sp³-hybridized carbons (Fsp3) is 0.267. The van der Waals surface area contributed by atoms with Crippen LogP contribution in [0.5, 0.6) is 5.75 Å². The Hall–Kier alpha value is -2.32. The van der Waals surface area contributed by atoms with Gasteiger partial charge in [-0.1, -0.05) is 11.6 Å². The van der Waals surface area contributed by atoms with E-state index in [0.717, 1.165) is 0 Å². The van der Waals surface area contributed by atoms with Gasteiger partial charge in [0.2, 0.25) is 0 Å². The average Bonchev–Trinajstić information content (AvgIpc) is 2.78. The summed E-state index contributed by atoms with van der Waals surface area (Å²) in [6.07, 6.45) is 0. The Kier molecular flexibility index (Phi) is 5.63. The third kappa shape index (κ3) is 3.77. The van der Waals surface area contributed by atoms with Gasteiger partial charge in [0.05, 0.1) is 23.0 Å². The lowest BCUT2D eigenvalue weighted by Crippen LogP contribution is -2.49. The molecule has 1 heterocycles. The highest BCUT2D eigenvalue weighted by Crippen LogP contribution is 2.21. The molecule has 0 aliphatic carbocycles. The highest BCUT2D eigenvalue weighted by molar-refractivity contribution is 7.80. The normalized spacial score (nSPS) is 10.3. The molecule has 1 aromatic heterocycles. The molecule has 0 bridgehead atoms. The molecule has 0 radical (unpaired) electrons. The van der Waals surface area contributed by atoms with Gasteiger partial charge < -0.3 is 10.5 Å². The number of aromatic nitrogens is 2. The van der Waals surface area contributed by atoms with Crippen LogP contribution in [0.2, 0.25) is 5.02 Å². The van der Waals surface area contributed by atoms with Crippen molar-refractivity contribution < 1.29 is 9.53 Å². The number of benzene rings is 1. The number of hydrazine groups is 1. The molecule has 0 saturated heterocycles. The van der Waals surface area contributed by atoms with Gasteiger partial charge in [-0.3, -0.25) is 14.9 Å². The van der Waals surface area contributed by atoms with Crippen LogP contribution >= 0.6 is 23.8 Å². The molecular formula is C15H18ClN5O2S. The van der Waals surface area contributed by atoms with E-state index in [0.29, 0.717) is 23.7 Å². The molecule has 9 heteroatoms. The van der Waals surface area contributed by atoms with E-state index < -0.39 is 5.91 Å². The van der Waals surface area contributed by atoms with Gasteiger partial charge in [-0.2, -0.15) is 5.10 Å². The molecule has 24 heavy (non-hydrogen) atoms. The molecule has 2 aromatic rings. The SMILES string of the molecule is CCOc1ccc(N(NC(=O)c2c(Cl)c(C)nn2C)C(N)=S)cc1. The van der Waals surface area contributed by atoms with Crippen LogP contribution in [0.1, 0.15) is 23.1 Å². The standard InChI is InChI=1S/C15H18ClN5O2S/c1-4-23-11-7-5-10(6-8-11)21(15(17)24)19-14(22)13-12(16)9(2)18-20(13)3/h5-8H,4H2,1-3H3,(H2,17,24)(H,19,22). The van der Waals surface area contributed by atoms with Crippen molar-refractivity contribution in [3.05, 3.63) is 40.7 Å². The first-order chi connectivity index (χ1) is 11.3. The lowest BCUT2D eigenvalue weighted by Gasteiger charge is -2.23. The first kappa shape index (κ1) is 18.0. The van der Waals surface area contributed by atoms with Crippen LogP contribution in [-0.2, 0) is 7.05 Å². The summed E-state index contributed by atoms with van der Waals surface area (Å²) >= 11 is 11.2. The zero-order chi connectivity index (χ0) is 17.9. The maximum absolute atomic E-state index is 12.5. The number of carbonyl (C=O) groups excluding carboxylic acids is 1. The van der Waals surface area contributed by atoms with Crippen LogP contribution < -0.4 is 20.9 Å². The van der Waals surface area contributed by atoms with Crippen molar-refractivity contribution in [2.24, 2.45) is 12.8 Å². The van der Waals surface area contributed by atoms with E-state index in [4.69, 9.17) is 34.3 Å². The number of hydrogen-bond acceptors (Lipinski definition) is 4. The van der Waals surface area contributed by atoms with E-state index >= 15 is 0 Å². The molecule has 0 saturated carbocycles. The third-order valence-corrected chi connectivity index (χ3v) is 3.84. The zero-order valence-electron chi connectivity index (χ0n) is 13.5. The highest BCUT2D eigenvalue weighted by Gasteiger charge is 2.22. The van der Waals surface area contributed by atoms with Gasteiger partial charge in [-0.25, -0.2) is 5.01 Å². The third-order valence-electron chi connectivity index (χ3n) is 3.20. The minimum atomic E-state index is -0.468. The Bertz CT molecular complexity index is 760. The summed E-state index contributed by atoms with van der Waals surface area (Å²) in [6.45, 7) is 4.18. The van der Waals surface area contributed by atoms with Gasteiger partial charge in [0, 0.05) is 7.05 Å². The predicted molar refractivity (Wildman–Crippen MR) is 97.3 cm³/mol. The number of ether oxygens (including phenoxy) is 1. The lowest BCUT2D eigenvalue weighted by atomic mass is 10.3. The van der Waals surface area contributed by atoms with Gasteiger partial charge in [0.15, 0.2) is 5.11 Å². The number of anilines is 1. The molecule has 2 rings (SSSR count). The minimum absolute atomic E-state index is 0.0116. The number of hydrogen-bond donors (Lipinski definition) is 2. The summed E-state index contributed by atoms with van der Waals surface area (Å²) in [5.41, 5.74) is 9.74. The second-order valence-corrected chi connectivity index (χ2v) is 5.71. The van der Waals surface area contributed by atoms with Crippen LogP contribution in [-0.4, -0.2) is 27.4 Å². The molecule has 0 fully saturated rings.